The average Bonchev–Trinajstić information content (AvgIpc) is 2.26. The highest BCUT2D eigenvalue weighted by atomic mass is 16.5. The SMILES string of the molecule is CC(=O)OC[C@@H]1CC(C)(C)C(=O)[C@H]1C. The van der Waals surface area contributed by atoms with Crippen LogP contribution < -0.4 is 0 Å². The average molecular weight is 198 g/mol. The fourth-order valence-corrected chi connectivity index (χ4v) is 2.19. The molecule has 0 aromatic carbocycles. The van der Waals surface area contributed by atoms with Gasteiger partial charge in [0.05, 0.1) is 6.61 Å². The number of ether oxygens (including phenoxy) is 1. The van der Waals surface area contributed by atoms with Gasteiger partial charge < -0.3 is 4.74 Å². The standard InChI is InChI=1S/C11H18O3/c1-7-9(6-14-8(2)12)5-11(3,4)10(7)13/h7,9H,5-6H2,1-4H3/t7-,9-/m0/s1. The van der Waals surface area contributed by atoms with Crippen LogP contribution in [0.1, 0.15) is 34.1 Å². The summed E-state index contributed by atoms with van der Waals surface area (Å²) in [6, 6.07) is 0. The second-order valence-electron chi connectivity index (χ2n) is 4.80. The lowest BCUT2D eigenvalue weighted by Crippen LogP contribution is -2.20. The number of hydrogen-bond acceptors (Lipinski definition) is 3. The molecule has 3 nitrogen and oxygen atoms in total. The summed E-state index contributed by atoms with van der Waals surface area (Å²) in [5.41, 5.74) is -0.246. The highest BCUT2D eigenvalue weighted by Crippen LogP contribution is 2.41. The Morgan fingerprint density at radius 2 is 2.14 bits per heavy atom. The van der Waals surface area contributed by atoms with Gasteiger partial charge in [-0.15, -0.1) is 0 Å². The molecule has 0 unspecified atom stereocenters. The smallest absolute Gasteiger partial charge is 0.302 e. The van der Waals surface area contributed by atoms with Crippen LogP contribution in [0.2, 0.25) is 0 Å². The van der Waals surface area contributed by atoms with Gasteiger partial charge in [0.15, 0.2) is 0 Å². The third kappa shape index (κ3) is 2.14. The minimum atomic E-state index is -0.269. The lowest BCUT2D eigenvalue weighted by molar-refractivity contribution is -0.143. The van der Waals surface area contributed by atoms with Crippen LogP contribution >= 0.6 is 0 Å². The van der Waals surface area contributed by atoms with Crippen molar-refractivity contribution < 1.29 is 14.3 Å². The molecule has 0 aromatic heterocycles. The number of rotatable bonds is 2. The van der Waals surface area contributed by atoms with E-state index >= 15 is 0 Å². The maximum atomic E-state index is 11.7. The first kappa shape index (κ1) is 11.2. The molecule has 0 bridgehead atoms. The van der Waals surface area contributed by atoms with E-state index < -0.39 is 0 Å². The van der Waals surface area contributed by atoms with Gasteiger partial charge >= 0.3 is 5.97 Å². The lowest BCUT2D eigenvalue weighted by atomic mass is 9.89. The van der Waals surface area contributed by atoms with Gasteiger partial charge in [-0.2, -0.15) is 0 Å². The van der Waals surface area contributed by atoms with Crippen LogP contribution in [0.15, 0.2) is 0 Å². The fraction of sp³-hybridized carbons (Fsp3) is 0.818. The van der Waals surface area contributed by atoms with Crippen molar-refractivity contribution in [1.82, 2.24) is 0 Å². The van der Waals surface area contributed by atoms with Gasteiger partial charge in [0, 0.05) is 24.2 Å². The first-order valence-corrected chi connectivity index (χ1v) is 5.02. The summed E-state index contributed by atoms with van der Waals surface area (Å²) in [7, 11) is 0. The number of hydrogen-bond donors (Lipinski definition) is 0. The van der Waals surface area contributed by atoms with Crippen molar-refractivity contribution in [2.24, 2.45) is 17.3 Å². The first-order chi connectivity index (χ1) is 6.34. The molecule has 0 heterocycles. The minimum absolute atomic E-state index is 0.0179. The summed E-state index contributed by atoms with van der Waals surface area (Å²) in [5.74, 6) is 0.231. The van der Waals surface area contributed by atoms with Crippen LogP contribution in [0.5, 0.6) is 0 Å². The molecule has 0 N–H and O–H groups in total. The van der Waals surface area contributed by atoms with Crippen molar-refractivity contribution in [3.8, 4) is 0 Å². The number of carbonyl (C=O) groups is 2. The summed E-state index contributed by atoms with van der Waals surface area (Å²) in [6.45, 7) is 7.61. The molecule has 14 heavy (non-hydrogen) atoms. The molecule has 1 saturated carbocycles. The van der Waals surface area contributed by atoms with Crippen molar-refractivity contribution in [1.29, 1.82) is 0 Å². The van der Waals surface area contributed by atoms with Gasteiger partial charge in [-0.3, -0.25) is 9.59 Å². The molecule has 1 fully saturated rings. The van der Waals surface area contributed by atoms with Crippen molar-refractivity contribution >= 4 is 11.8 Å². The second kappa shape index (κ2) is 3.71. The number of carbonyl (C=O) groups excluding carboxylic acids is 2. The molecule has 0 aromatic rings. The van der Waals surface area contributed by atoms with Gasteiger partial charge in [0.25, 0.3) is 0 Å². The Morgan fingerprint density at radius 3 is 2.50 bits per heavy atom. The van der Waals surface area contributed by atoms with Crippen LogP contribution in [0.4, 0.5) is 0 Å². The molecule has 1 aliphatic rings. The van der Waals surface area contributed by atoms with Gasteiger partial charge in [-0.25, -0.2) is 0 Å². The van der Waals surface area contributed by atoms with Crippen LogP contribution in [0, 0.1) is 17.3 Å². The van der Waals surface area contributed by atoms with Gasteiger partial charge in [-0.05, 0) is 6.42 Å². The molecule has 0 saturated heterocycles. The van der Waals surface area contributed by atoms with E-state index in [0.29, 0.717) is 6.61 Å². The van der Waals surface area contributed by atoms with Crippen LogP contribution in [-0.4, -0.2) is 18.4 Å². The van der Waals surface area contributed by atoms with Gasteiger partial charge in [0.1, 0.15) is 5.78 Å². The predicted octanol–water partition coefficient (Wildman–Crippen LogP) is 1.80. The topological polar surface area (TPSA) is 43.4 Å². The number of esters is 1. The molecule has 0 aliphatic heterocycles. The predicted molar refractivity (Wildman–Crippen MR) is 52.7 cm³/mol. The zero-order valence-electron chi connectivity index (χ0n) is 9.29. The van der Waals surface area contributed by atoms with E-state index in [9.17, 15) is 9.59 Å². The molecule has 0 amide bonds. The van der Waals surface area contributed by atoms with Crippen LogP contribution in [0.25, 0.3) is 0 Å². The molecular formula is C11H18O3. The third-order valence-corrected chi connectivity index (χ3v) is 3.06. The van der Waals surface area contributed by atoms with E-state index in [1.54, 1.807) is 0 Å². The monoisotopic (exact) mass is 198 g/mol. The Hall–Kier alpha value is -0.860. The van der Waals surface area contributed by atoms with E-state index in [1.165, 1.54) is 6.92 Å². The van der Waals surface area contributed by atoms with Gasteiger partial charge in [0.2, 0.25) is 0 Å². The molecule has 1 rings (SSSR count). The zero-order valence-corrected chi connectivity index (χ0v) is 9.29. The van der Waals surface area contributed by atoms with E-state index in [1.807, 2.05) is 20.8 Å². The summed E-state index contributed by atoms with van der Waals surface area (Å²) in [5, 5.41) is 0. The fourth-order valence-electron chi connectivity index (χ4n) is 2.19. The Bertz CT molecular complexity index is 255. The van der Waals surface area contributed by atoms with Crippen LogP contribution in [-0.2, 0) is 14.3 Å². The van der Waals surface area contributed by atoms with E-state index in [0.717, 1.165) is 6.42 Å². The molecule has 80 valence electrons. The maximum Gasteiger partial charge on any atom is 0.302 e. The number of Topliss-reactive ketones (excluding diaryl/α,β-unsaturated/α-hetero) is 1. The van der Waals surface area contributed by atoms with Crippen molar-refractivity contribution in [3.63, 3.8) is 0 Å². The Balaban J connectivity index is 2.57. The highest BCUT2D eigenvalue weighted by Gasteiger charge is 2.44. The highest BCUT2D eigenvalue weighted by molar-refractivity contribution is 5.88. The van der Waals surface area contributed by atoms with Crippen LogP contribution in [0.3, 0.4) is 0 Å². The Kier molecular flexibility index (Phi) is 2.98. The Labute approximate surface area is 84.8 Å². The molecular weight excluding hydrogens is 180 g/mol. The molecule has 2 atom stereocenters. The lowest BCUT2D eigenvalue weighted by Gasteiger charge is -2.14. The summed E-state index contributed by atoms with van der Waals surface area (Å²) in [6.07, 6.45) is 0.820. The van der Waals surface area contributed by atoms with Crippen molar-refractivity contribution in [2.45, 2.75) is 34.1 Å². The number of ketones is 1. The first-order valence-electron chi connectivity index (χ1n) is 5.02. The van der Waals surface area contributed by atoms with E-state index in [-0.39, 0.29) is 29.0 Å². The molecule has 1 aliphatic carbocycles. The van der Waals surface area contributed by atoms with E-state index in [4.69, 9.17) is 4.74 Å². The van der Waals surface area contributed by atoms with Gasteiger partial charge in [-0.1, -0.05) is 20.8 Å². The summed E-state index contributed by atoms with van der Waals surface area (Å²) < 4.78 is 4.95. The molecule has 3 heteroatoms. The Morgan fingerprint density at radius 1 is 1.57 bits per heavy atom. The maximum absolute atomic E-state index is 11.7. The third-order valence-electron chi connectivity index (χ3n) is 3.06. The summed E-state index contributed by atoms with van der Waals surface area (Å²) in [4.78, 5) is 22.4. The minimum Gasteiger partial charge on any atom is -0.466 e. The molecule has 0 radical (unpaired) electrons. The summed E-state index contributed by atoms with van der Waals surface area (Å²) >= 11 is 0. The quantitative estimate of drug-likeness (QED) is 0.635. The molecule has 0 spiro atoms. The second-order valence-corrected chi connectivity index (χ2v) is 4.80. The normalized spacial score (nSPS) is 30.4. The largest absolute Gasteiger partial charge is 0.466 e. The van der Waals surface area contributed by atoms with E-state index in [2.05, 4.69) is 0 Å². The zero-order chi connectivity index (χ0) is 10.9. The van der Waals surface area contributed by atoms with Crippen molar-refractivity contribution in [2.75, 3.05) is 6.61 Å². The van der Waals surface area contributed by atoms with Crippen molar-refractivity contribution in [3.05, 3.63) is 0 Å².